The van der Waals surface area contributed by atoms with Gasteiger partial charge in [0.25, 0.3) is 0 Å². The minimum Gasteiger partial charge on any atom is -0.262 e. The van der Waals surface area contributed by atoms with Crippen molar-refractivity contribution >= 4 is 31.7 Å². The van der Waals surface area contributed by atoms with Gasteiger partial charge in [-0.1, -0.05) is 55.6 Å². The molecule has 110 valence electrons. The average Bonchev–Trinajstić information content (AvgIpc) is 2.58. The molecule has 1 aliphatic heterocycles. The Hall–Kier alpha value is -1.20. The molecule has 1 nitrogen and oxygen atoms in total. The molecule has 0 saturated heterocycles. The lowest BCUT2D eigenvalue weighted by molar-refractivity contribution is 1.22. The highest BCUT2D eigenvalue weighted by atomic mass is 28.3. The Bertz CT molecular complexity index is 740. The number of rotatable bonds is 1. The molecule has 1 aromatic heterocycles. The Morgan fingerprint density at radius 2 is 1.52 bits per heavy atom. The van der Waals surface area contributed by atoms with Gasteiger partial charge in [0.2, 0.25) is 0 Å². The molecular weight excluding hydrogens is 286 g/mol. The zero-order valence-corrected chi connectivity index (χ0v) is 16.3. The van der Waals surface area contributed by atoms with Gasteiger partial charge in [-0.3, -0.25) is 4.98 Å². The van der Waals surface area contributed by atoms with Crippen LogP contribution in [0.2, 0.25) is 32.7 Å². The summed E-state index contributed by atoms with van der Waals surface area (Å²) >= 11 is 0. The summed E-state index contributed by atoms with van der Waals surface area (Å²) in [6.07, 6.45) is 1.97. The zero-order chi connectivity index (χ0) is 15.6. The maximum absolute atomic E-state index is 4.57. The third-order valence-corrected chi connectivity index (χ3v) is 10.9. The van der Waals surface area contributed by atoms with E-state index in [1.165, 1.54) is 16.8 Å². The number of fused-ring (bicyclic) bond motifs is 3. The van der Waals surface area contributed by atoms with Gasteiger partial charge in [-0.15, -0.1) is 0 Å². The lowest BCUT2D eigenvalue weighted by atomic mass is 10.0. The van der Waals surface area contributed by atoms with Gasteiger partial charge >= 0.3 is 0 Å². The van der Waals surface area contributed by atoms with Crippen LogP contribution in [0.4, 0.5) is 0 Å². The zero-order valence-electron chi connectivity index (χ0n) is 14.3. The Balaban J connectivity index is 2.38. The first-order valence-electron chi connectivity index (χ1n) is 7.76. The lowest BCUT2D eigenvalue weighted by Gasteiger charge is -2.27. The molecule has 0 bridgehead atoms. The molecular formula is C18H25NSi2. The first kappa shape index (κ1) is 14.7. The van der Waals surface area contributed by atoms with Gasteiger partial charge in [0.15, 0.2) is 0 Å². The van der Waals surface area contributed by atoms with Crippen LogP contribution in [0.15, 0.2) is 24.4 Å². The van der Waals surface area contributed by atoms with Crippen LogP contribution >= 0.6 is 0 Å². The number of nitrogens with zero attached hydrogens (tertiary/aromatic N) is 1. The number of pyridine rings is 1. The van der Waals surface area contributed by atoms with Crippen molar-refractivity contribution < 1.29 is 0 Å². The number of aromatic nitrogens is 1. The molecule has 0 radical (unpaired) electrons. The van der Waals surface area contributed by atoms with Gasteiger partial charge < -0.3 is 0 Å². The molecule has 0 amide bonds. The predicted octanol–water partition coefficient (Wildman–Crippen LogP) is 3.05. The molecule has 0 fully saturated rings. The molecule has 0 saturated carbocycles. The molecule has 1 aromatic carbocycles. The van der Waals surface area contributed by atoms with Crippen LogP contribution in [0.3, 0.4) is 0 Å². The van der Waals surface area contributed by atoms with E-state index in [-0.39, 0.29) is 0 Å². The standard InChI is InChI=1S/C18H25NSi2/c1-12-16(20(3,4)5)9-8-14-15-10-11-19-13(2)18(15)21(6,7)17(12)14/h8-11H,1-7H3. The third-order valence-electron chi connectivity index (χ3n) is 4.95. The summed E-state index contributed by atoms with van der Waals surface area (Å²) in [6, 6.07) is 7.00. The van der Waals surface area contributed by atoms with Gasteiger partial charge in [0.05, 0.1) is 8.07 Å². The van der Waals surface area contributed by atoms with Crippen LogP contribution in [-0.4, -0.2) is 21.1 Å². The summed E-state index contributed by atoms with van der Waals surface area (Å²) < 4.78 is 0. The highest BCUT2D eigenvalue weighted by molar-refractivity contribution is 7.04. The van der Waals surface area contributed by atoms with Crippen LogP contribution in [0.25, 0.3) is 11.1 Å². The maximum atomic E-state index is 4.57. The summed E-state index contributed by atoms with van der Waals surface area (Å²) in [5.41, 5.74) is 5.72. The van der Waals surface area contributed by atoms with Crippen LogP contribution < -0.4 is 15.6 Å². The molecule has 21 heavy (non-hydrogen) atoms. The number of aryl methyl sites for hydroxylation is 1. The van der Waals surface area contributed by atoms with Crippen molar-refractivity contribution in [1.82, 2.24) is 4.98 Å². The first-order chi connectivity index (χ1) is 9.65. The van der Waals surface area contributed by atoms with E-state index in [1.54, 1.807) is 21.1 Å². The second kappa shape index (κ2) is 4.40. The van der Waals surface area contributed by atoms with Gasteiger partial charge in [-0.2, -0.15) is 0 Å². The summed E-state index contributed by atoms with van der Waals surface area (Å²) in [4.78, 5) is 4.57. The summed E-state index contributed by atoms with van der Waals surface area (Å²) in [5.74, 6) is 0. The minimum absolute atomic E-state index is 1.23. The Morgan fingerprint density at radius 1 is 0.905 bits per heavy atom. The van der Waals surface area contributed by atoms with Crippen molar-refractivity contribution in [2.24, 2.45) is 0 Å². The minimum atomic E-state index is -1.62. The largest absolute Gasteiger partial charge is 0.262 e. The van der Waals surface area contributed by atoms with Crippen molar-refractivity contribution in [3.8, 4) is 11.1 Å². The van der Waals surface area contributed by atoms with E-state index < -0.39 is 16.1 Å². The molecule has 0 spiro atoms. The van der Waals surface area contributed by atoms with E-state index in [1.807, 2.05) is 6.20 Å². The van der Waals surface area contributed by atoms with Crippen molar-refractivity contribution in [2.45, 2.75) is 46.6 Å². The molecule has 2 heterocycles. The fourth-order valence-corrected chi connectivity index (χ4v) is 10.3. The normalized spacial score (nSPS) is 15.8. The van der Waals surface area contributed by atoms with Crippen LogP contribution in [0, 0.1) is 13.8 Å². The third kappa shape index (κ3) is 1.98. The fraction of sp³-hybridized carbons (Fsp3) is 0.389. The second-order valence-electron chi connectivity index (χ2n) is 7.85. The van der Waals surface area contributed by atoms with Gasteiger partial charge in [-0.25, -0.2) is 0 Å². The molecule has 0 unspecified atom stereocenters. The molecule has 0 aliphatic carbocycles. The summed E-state index contributed by atoms with van der Waals surface area (Å²) in [7, 11) is -2.91. The molecule has 3 heteroatoms. The molecule has 3 rings (SSSR count). The molecule has 2 aromatic rings. The maximum Gasteiger partial charge on any atom is 0.116 e. The van der Waals surface area contributed by atoms with E-state index in [2.05, 4.69) is 69.8 Å². The van der Waals surface area contributed by atoms with Crippen LogP contribution in [0.1, 0.15) is 11.3 Å². The quantitative estimate of drug-likeness (QED) is 0.738. The number of hydrogen-bond acceptors (Lipinski definition) is 1. The Kier molecular flexibility index (Phi) is 3.09. The van der Waals surface area contributed by atoms with Gasteiger partial charge in [0.1, 0.15) is 8.07 Å². The van der Waals surface area contributed by atoms with Crippen molar-refractivity contribution in [3.05, 3.63) is 35.7 Å². The van der Waals surface area contributed by atoms with E-state index in [0.717, 1.165) is 0 Å². The molecule has 0 N–H and O–H groups in total. The highest BCUT2D eigenvalue weighted by Crippen LogP contribution is 2.30. The smallest absolute Gasteiger partial charge is 0.116 e. The van der Waals surface area contributed by atoms with E-state index in [9.17, 15) is 0 Å². The predicted molar refractivity (Wildman–Crippen MR) is 98.9 cm³/mol. The highest BCUT2D eigenvalue weighted by Gasteiger charge is 2.41. The van der Waals surface area contributed by atoms with Crippen molar-refractivity contribution in [2.75, 3.05) is 0 Å². The summed E-state index contributed by atoms with van der Waals surface area (Å²) in [5, 5.41) is 4.84. The number of benzene rings is 1. The average molecular weight is 312 g/mol. The molecule has 0 atom stereocenters. The Morgan fingerprint density at radius 3 is 2.14 bits per heavy atom. The second-order valence-corrected chi connectivity index (χ2v) is 17.1. The lowest BCUT2D eigenvalue weighted by Crippen LogP contribution is -2.54. The topological polar surface area (TPSA) is 12.9 Å². The number of hydrogen-bond donors (Lipinski definition) is 0. The first-order valence-corrected chi connectivity index (χ1v) is 14.3. The molecule has 1 aliphatic rings. The van der Waals surface area contributed by atoms with Gasteiger partial charge in [0, 0.05) is 11.9 Å². The monoisotopic (exact) mass is 311 g/mol. The SMILES string of the molecule is Cc1nccc2c1[Si](C)(C)c1c-2ccc([Si](C)(C)C)c1C. The van der Waals surface area contributed by atoms with Crippen molar-refractivity contribution in [1.29, 1.82) is 0 Å². The fourth-order valence-electron chi connectivity index (χ4n) is 4.26. The van der Waals surface area contributed by atoms with E-state index in [4.69, 9.17) is 0 Å². The van der Waals surface area contributed by atoms with Crippen LogP contribution in [-0.2, 0) is 0 Å². The van der Waals surface area contributed by atoms with Crippen molar-refractivity contribution in [3.63, 3.8) is 0 Å². The Labute approximate surface area is 130 Å². The summed E-state index contributed by atoms with van der Waals surface area (Å²) in [6.45, 7) is 16.9. The van der Waals surface area contributed by atoms with Gasteiger partial charge in [-0.05, 0) is 41.4 Å². The van der Waals surface area contributed by atoms with Crippen LogP contribution in [0.5, 0.6) is 0 Å². The van der Waals surface area contributed by atoms with E-state index in [0.29, 0.717) is 0 Å². The van der Waals surface area contributed by atoms with E-state index >= 15 is 0 Å².